The number of ether oxygens (including phenoxy) is 1. The standard InChI is InChI=1S/C21H20N4O6S/c1-12-15-10-17(23-2)19(31-21(27)25(3)4)11-18(15)30-20(26)16(12)9-13-6-5-7-14(8-13)24-32(22,28)29/h5-8,10-11,24H,9H2,1,3-4H3,(H2,22,28,29). The molecule has 11 heteroatoms. The Morgan fingerprint density at radius 3 is 2.62 bits per heavy atom. The van der Waals surface area contributed by atoms with Gasteiger partial charge in [0.15, 0.2) is 0 Å². The first-order valence-corrected chi connectivity index (χ1v) is 10.8. The van der Waals surface area contributed by atoms with Crippen molar-refractivity contribution < 1.29 is 22.4 Å². The van der Waals surface area contributed by atoms with E-state index in [1.165, 1.54) is 37.2 Å². The summed E-state index contributed by atoms with van der Waals surface area (Å²) in [7, 11) is -0.925. The van der Waals surface area contributed by atoms with Crippen LogP contribution in [0, 0.1) is 13.5 Å². The molecule has 10 nitrogen and oxygen atoms in total. The monoisotopic (exact) mass is 456 g/mol. The average molecular weight is 456 g/mol. The fourth-order valence-corrected chi connectivity index (χ4v) is 3.53. The molecule has 2 aromatic carbocycles. The molecule has 0 aliphatic heterocycles. The van der Waals surface area contributed by atoms with Gasteiger partial charge in [-0.15, -0.1) is 0 Å². The van der Waals surface area contributed by atoms with E-state index in [-0.39, 0.29) is 29.1 Å². The Morgan fingerprint density at radius 2 is 2.00 bits per heavy atom. The van der Waals surface area contributed by atoms with E-state index in [0.717, 1.165) is 0 Å². The molecular weight excluding hydrogens is 436 g/mol. The van der Waals surface area contributed by atoms with Gasteiger partial charge in [-0.1, -0.05) is 12.1 Å². The van der Waals surface area contributed by atoms with Crippen molar-refractivity contribution in [3.05, 3.63) is 74.9 Å². The fourth-order valence-electron chi connectivity index (χ4n) is 3.08. The smallest absolute Gasteiger partial charge is 0.413 e. The zero-order valence-corrected chi connectivity index (χ0v) is 18.3. The van der Waals surface area contributed by atoms with Crippen molar-refractivity contribution in [2.75, 3.05) is 18.8 Å². The molecule has 0 saturated heterocycles. The lowest BCUT2D eigenvalue weighted by molar-refractivity contribution is 0.172. The molecule has 0 aliphatic carbocycles. The first-order chi connectivity index (χ1) is 15.0. The number of carbonyl (C=O) groups excluding carboxylic acids is 1. The summed E-state index contributed by atoms with van der Waals surface area (Å²) in [5.74, 6) is -0.0109. The van der Waals surface area contributed by atoms with Crippen LogP contribution in [-0.2, 0) is 16.6 Å². The van der Waals surface area contributed by atoms with Gasteiger partial charge in [-0.25, -0.2) is 19.6 Å². The van der Waals surface area contributed by atoms with Gasteiger partial charge in [0.05, 0.1) is 12.3 Å². The van der Waals surface area contributed by atoms with E-state index >= 15 is 0 Å². The summed E-state index contributed by atoms with van der Waals surface area (Å²) in [5.41, 5.74) is 1.52. The van der Waals surface area contributed by atoms with E-state index in [2.05, 4.69) is 9.57 Å². The molecule has 3 N–H and O–H groups in total. The van der Waals surface area contributed by atoms with E-state index < -0.39 is 21.9 Å². The van der Waals surface area contributed by atoms with Crippen molar-refractivity contribution in [1.82, 2.24) is 4.90 Å². The highest BCUT2D eigenvalue weighted by Crippen LogP contribution is 2.35. The summed E-state index contributed by atoms with van der Waals surface area (Å²) in [6.07, 6.45) is -0.507. The second-order valence-electron chi connectivity index (χ2n) is 7.21. The number of hydrogen-bond donors (Lipinski definition) is 2. The van der Waals surface area contributed by atoms with Crippen molar-refractivity contribution in [3.8, 4) is 5.75 Å². The van der Waals surface area contributed by atoms with Gasteiger partial charge in [0.2, 0.25) is 5.69 Å². The average Bonchev–Trinajstić information content (AvgIpc) is 2.69. The molecular formula is C21H20N4O6S. The topological polar surface area (TPSA) is 136 Å². The van der Waals surface area contributed by atoms with Gasteiger partial charge in [-0.3, -0.25) is 4.72 Å². The van der Waals surface area contributed by atoms with Gasteiger partial charge >= 0.3 is 11.7 Å². The summed E-state index contributed by atoms with van der Waals surface area (Å²) < 4.78 is 35.4. The van der Waals surface area contributed by atoms with Crippen LogP contribution < -0.4 is 20.2 Å². The van der Waals surface area contributed by atoms with Crippen LogP contribution in [0.15, 0.2) is 45.6 Å². The number of rotatable bonds is 5. The quantitative estimate of drug-likeness (QED) is 0.447. The van der Waals surface area contributed by atoms with Crippen LogP contribution >= 0.6 is 0 Å². The maximum Gasteiger partial charge on any atom is 0.413 e. The minimum absolute atomic E-state index is 0.0109. The van der Waals surface area contributed by atoms with Crippen LogP contribution in [0.4, 0.5) is 16.2 Å². The van der Waals surface area contributed by atoms with E-state index in [0.29, 0.717) is 22.1 Å². The molecule has 1 amide bonds. The fraction of sp³-hybridized carbons (Fsp3) is 0.190. The van der Waals surface area contributed by atoms with Crippen molar-refractivity contribution >= 4 is 38.6 Å². The Morgan fingerprint density at radius 1 is 1.28 bits per heavy atom. The highest BCUT2D eigenvalue weighted by atomic mass is 32.2. The van der Waals surface area contributed by atoms with Gasteiger partial charge in [-0.2, -0.15) is 8.42 Å². The molecule has 0 radical (unpaired) electrons. The molecule has 0 aliphatic rings. The van der Waals surface area contributed by atoms with Crippen molar-refractivity contribution in [2.45, 2.75) is 13.3 Å². The number of benzene rings is 2. The third-order valence-electron chi connectivity index (χ3n) is 4.62. The predicted molar refractivity (Wildman–Crippen MR) is 119 cm³/mol. The maximum atomic E-state index is 12.7. The van der Waals surface area contributed by atoms with Crippen LogP contribution in [-0.4, -0.2) is 33.5 Å². The van der Waals surface area contributed by atoms with E-state index in [1.807, 2.05) is 0 Å². The molecule has 0 fully saturated rings. The molecule has 1 aromatic heterocycles. The van der Waals surface area contributed by atoms with Crippen LogP contribution in [0.3, 0.4) is 0 Å². The summed E-state index contributed by atoms with van der Waals surface area (Å²) in [4.78, 5) is 29.2. The SMILES string of the molecule is [C-]#[N+]c1cc2c(C)c(Cc3cccc(NS(N)(=O)=O)c3)c(=O)oc2cc1OC(=O)N(C)C. The molecule has 1 heterocycles. The van der Waals surface area contributed by atoms with Crippen LogP contribution in [0.25, 0.3) is 15.8 Å². The largest absolute Gasteiger partial charge is 0.422 e. The number of fused-ring (bicyclic) bond motifs is 1. The minimum atomic E-state index is -3.94. The number of amides is 1. The van der Waals surface area contributed by atoms with Gasteiger partial charge in [-0.05, 0) is 36.2 Å². The first kappa shape index (κ1) is 22.8. The molecule has 166 valence electrons. The first-order valence-electron chi connectivity index (χ1n) is 9.25. The lowest BCUT2D eigenvalue weighted by Crippen LogP contribution is -2.25. The summed E-state index contributed by atoms with van der Waals surface area (Å²) in [6.45, 7) is 9.14. The lowest BCUT2D eigenvalue weighted by atomic mass is 9.99. The highest BCUT2D eigenvalue weighted by Gasteiger charge is 2.18. The van der Waals surface area contributed by atoms with Gasteiger partial charge < -0.3 is 14.1 Å². The molecule has 0 spiro atoms. The van der Waals surface area contributed by atoms with Gasteiger partial charge in [0.1, 0.15) is 11.3 Å². The number of nitrogens with one attached hydrogen (secondary N) is 1. The van der Waals surface area contributed by atoms with E-state index in [1.54, 1.807) is 25.1 Å². The number of aryl methyl sites for hydroxylation is 1. The summed E-state index contributed by atoms with van der Waals surface area (Å²) in [6, 6.07) is 9.29. The molecule has 0 atom stereocenters. The number of nitrogens with two attached hydrogens (primary N) is 1. The zero-order chi connectivity index (χ0) is 23.6. The van der Waals surface area contributed by atoms with Gasteiger partial charge in [0.25, 0.3) is 10.2 Å². The number of carbonyl (C=O) groups is 1. The third kappa shape index (κ3) is 5.05. The second-order valence-corrected chi connectivity index (χ2v) is 8.50. The Labute approximate surface area is 184 Å². The lowest BCUT2D eigenvalue weighted by Gasteiger charge is -2.14. The van der Waals surface area contributed by atoms with Crippen LogP contribution in [0.5, 0.6) is 5.75 Å². The normalized spacial score (nSPS) is 11.1. The Kier molecular flexibility index (Phi) is 6.20. The van der Waals surface area contributed by atoms with Crippen molar-refractivity contribution in [2.24, 2.45) is 5.14 Å². The molecule has 32 heavy (non-hydrogen) atoms. The summed E-state index contributed by atoms with van der Waals surface area (Å²) >= 11 is 0. The third-order valence-corrected chi connectivity index (χ3v) is 5.14. The second kappa shape index (κ2) is 8.70. The van der Waals surface area contributed by atoms with Crippen molar-refractivity contribution in [3.63, 3.8) is 0 Å². The number of anilines is 1. The van der Waals surface area contributed by atoms with Crippen molar-refractivity contribution in [1.29, 1.82) is 0 Å². The predicted octanol–water partition coefficient (Wildman–Crippen LogP) is 2.92. The molecule has 0 unspecified atom stereocenters. The van der Waals surface area contributed by atoms with Crippen LogP contribution in [0.1, 0.15) is 16.7 Å². The Balaban J connectivity index is 2.05. The van der Waals surface area contributed by atoms with Crippen LogP contribution in [0.2, 0.25) is 0 Å². The molecule has 0 saturated carbocycles. The Hall–Kier alpha value is -3.88. The van der Waals surface area contributed by atoms with Gasteiger partial charge in [0, 0.05) is 37.5 Å². The Bertz CT molecular complexity index is 1420. The molecule has 3 rings (SSSR count). The highest BCUT2D eigenvalue weighted by molar-refractivity contribution is 7.90. The van der Waals surface area contributed by atoms with E-state index in [4.69, 9.17) is 20.9 Å². The molecule has 0 bridgehead atoms. The van der Waals surface area contributed by atoms with E-state index in [9.17, 15) is 18.0 Å². The summed E-state index contributed by atoms with van der Waals surface area (Å²) in [5, 5.41) is 5.53. The number of hydrogen-bond acceptors (Lipinski definition) is 6. The molecule has 3 aromatic rings. The maximum absolute atomic E-state index is 12.7. The minimum Gasteiger partial charge on any atom is -0.422 e. The number of nitrogens with zero attached hydrogens (tertiary/aromatic N) is 2. The zero-order valence-electron chi connectivity index (χ0n) is 17.5.